The Morgan fingerprint density at radius 1 is 1.21 bits per heavy atom. The van der Waals surface area contributed by atoms with Crippen LogP contribution in [-0.2, 0) is 0 Å². The molecule has 0 aliphatic carbocycles. The van der Waals surface area contributed by atoms with Crippen LogP contribution in [0.4, 0.5) is 0 Å². The minimum atomic E-state index is -0.155. The van der Waals surface area contributed by atoms with Crippen LogP contribution >= 0.6 is 0 Å². The highest BCUT2D eigenvalue weighted by Gasteiger charge is 2.10. The van der Waals surface area contributed by atoms with Gasteiger partial charge in [0, 0.05) is 5.39 Å². The van der Waals surface area contributed by atoms with E-state index in [1.54, 1.807) is 0 Å². The molecule has 0 amide bonds. The van der Waals surface area contributed by atoms with Crippen molar-refractivity contribution < 1.29 is 5.21 Å². The van der Waals surface area contributed by atoms with Gasteiger partial charge in [0.15, 0.2) is 5.82 Å². The molecule has 8 heteroatoms. The van der Waals surface area contributed by atoms with Gasteiger partial charge in [0.1, 0.15) is 12.7 Å². The molecule has 3 aromatic rings. The Balaban J connectivity index is 2.17. The fourth-order valence-corrected chi connectivity index (χ4v) is 1.70. The molecule has 0 aliphatic rings. The van der Waals surface area contributed by atoms with Crippen molar-refractivity contribution in [3.8, 4) is 5.82 Å². The highest BCUT2D eigenvalue weighted by atomic mass is 16.4. The summed E-state index contributed by atoms with van der Waals surface area (Å²) >= 11 is 0. The van der Waals surface area contributed by atoms with Gasteiger partial charge in [-0.25, -0.2) is 19.6 Å². The van der Waals surface area contributed by atoms with Gasteiger partial charge in [-0.15, -0.1) is 5.10 Å². The van der Waals surface area contributed by atoms with Gasteiger partial charge in [-0.2, -0.15) is 0 Å². The number of benzene rings is 1. The molecule has 0 bridgehead atoms. The molecule has 0 fully saturated rings. The number of amidine groups is 1. The largest absolute Gasteiger partial charge is 0.409 e. The van der Waals surface area contributed by atoms with Gasteiger partial charge in [-0.3, -0.25) is 0 Å². The molecule has 1 aromatic carbocycles. The Hall–Kier alpha value is -3.03. The van der Waals surface area contributed by atoms with Crippen molar-refractivity contribution in [1.29, 1.82) is 0 Å². The van der Waals surface area contributed by atoms with E-state index >= 15 is 0 Å². The highest BCUT2D eigenvalue weighted by molar-refractivity contribution is 5.93. The first-order chi connectivity index (χ1) is 9.29. The maximum atomic E-state index is 8.59. The van der Waals surface area contributed by atoms with Crippen LogP contribution in [0.5, 0.6) is 0 Å². The Morgan fingerprint density at radius 3 is 2.89 bits per heavy atom. The standard InChI is InChI=1S/C11H9N7O/c12-9(17-19)10-15-6-18(16-10)11-7-3-1-2-4-8(7)13-5-14-11/h1-6,19H,(H2,12,17). The lowest BCUT2D eigenvalue weighted by molar-refractivity contribution is 0.318. The summed E-state index contributed by atoms with van der Waals surface area (Å²) in [6, 6.07) is 7.54. The van der Waals surface area contributed by atoms with Crippen LogP contribution in [0.1, 0.15) is 5.82 Å². The predicted octanol–water partition coefficient (Wildman–Crippen LogP) is 0.305. The number of hydrogen-bond acceptors (Lipinski definition) is 6. The summed E-state index contributed by atoms with van der Waals surface area (Å²) in [6.45, 7) is 0. The number of fused-ring (bicyclic) bond motifs is 1. The number of oxime groups is 1. The van der Waals surface area contributed by atoms with Crippen LogP contribution in [0, 0.1) is 0 Å². The van der Waals surface area contributed by atoms with Crippen molar-refractivity contribution in [3.05, 3.63) is 42.7 Å². The molecular formula is C11H9N7O. The van der Waals surface area contributed by atoms with Gasteiger partial charge in [-0.1, -0.05) is 17.3 Å². The molecule has 94 valence electrons. The van der Waals surface area contributed by atoms with Crippen LogP contribution in [0.2, 0.25) is 0 Å². The van der Waals surface area contributed by atoms with Crippen LogP contribution in [0.15, 0.2) is 42.1 Å². The maximum Gasteiger partial charge on any atom is 0.220 e. The lowest BCUT2D eigenvalue weighted by Gasteiger charge is -2.03. The molecule has 3 rings (SSSR count). The molecule has 2 aromatic heterocycles. The van der Waals surface area contributed by atoms with E-state index in [2.05, 4.69) is 25.2 Å². The molecule has 19 heavy (non-hydrogen) atoms. The summed E-state index contributed by atoms with van der Waals surface area (Å²) in [4.78, 5) is 12.3. The minimum absolute atomic E-state index is 0.130. The Bertz CT molecular complexity index is 759. The van der Waals surface area contributed by atoms with Crippen molar-refractivity contribution >= 4 is 16.7 Å². The van der Waals surface area contributed by atoms with Gasteiger partial charge in [0.05, 0.1) is 5.52 Å². The molecule has 0 saturated carbocycles. The first kappa shape index (κ1) is 11.1. The van der Waals surface area contributed by atoms with Crippen LogP contribution in [0.3, 0.4) is 0 Å². The molecule has 0 atom stereocenters. The number of aromatic nitrogens is 5. The van der Waals surface area contributed by atoms with Crippen molar-refractivity contribution in [2.75, 3.05) is 0 Å². The van der Waals surface area contributed by atoms with E-state index < -0.39 is 0 Å². The predicted molar refractivity (Wildman–Crippen MR) is 67.0 cm³/mol. The third kappa shape index (κ3) is 1.84. The minimum Gasteiger partial charge on any atom is -0.409 e. The van der Waals surface area contributed by atoms with Crippen molar-refractivity contribution in [2.45, 2.75) is 0 Å². The highest BCUT2D eigenvalue weighted by Crippen LogP contribution is 2.16. The molecule has 0 spiro atoms. The fraction of sp³-hybridized carbons (Fsp3) is 0. The zero-order valence-corrected chi connectivity index (χ0v) is 9.67. The zero-order chi connectivity index (χ0) is 13.2. The van der Waals surface area contributed by atoms with E-state index in [0.717, 1.165) is 10.9 Å². The van der Waals surface area contributed by atoms with E-state index in [1.165, 1.54) is 17.3 Å². The summed E-state index contributed by atoms with van der Waals surface area (Å²) in [6.07, 6.45) is 2.89. The molecular weight excluding hydrogens is 246 g/mol. The van der Waals surface area contributed by atoms with Crippen molar-refractivity contribution in [1.82, 2.24) is 24.7 Å². The summed E-state index contributed by atoms with van der Waals surface area (Å²) in [5.74, 6) is 0.553. The van der Waals surface area contributed by atoms with Gasteiger partial charge in [-0.05, 0) is 12.1 Å². The normalized spacial score (nSPS) is 11.9. The average molecular weight is 255 g/mol. The molecule has 0 unspecified atom stereocenters. The van der Waals surface area contributed by atoms with E-state index in [1.807, 2.05) is 24.3 Å². The summed E-state index contributed by atoms with van der Waals surface area (Å²) in [5, 5.41) is 16.4. The number of rotatable bonds is 2. The van der Waals surface area contributed by atoms with Crippen LogP contribution in [-0.4, -0.2) is 35.8 Å². The van der Waals surface area contributed by atoms with E-state index in [4.69, 9.17) is 10.9 Å². The van der Waals surface area contributed by atoms with Gasteiger partial charge >= 0.3 is 0 Å². The lowest BCUT2D eigenvalue weighted by atomic mass is 10.2. The maximum absolute atomic E-state index is 8.59. The molecule has 0 saturated heterocycles. The SMILES string of the molecule is NC(=NO)c1ncn(-c2ncnc3ccccc23)n1. The van der Waals surface area contributed by atoms with Crippen LogP contribution < -0.4 is 5.73 Å². The quantitative estimate of drug-likeness (QED) is 0.294. The van der Waals surface area contributed by atoms with Gasteiger partial charge in [0.25, 0.3) is 0 Å². The molecule has 2 heterocycles. The van der Waals surface area contributed by atoms with Crippen molar-refractivity contribution in [3.63, 3.8) is 0 Å². The third-order valence-electron chi connectivity index (χ3n) is 2.57. The summed E-state index contributed by atoms with van der Waals surface area (Å²) in [5.41, 5.74) is 6.23. The number of nitrogens with two attached hydrogens (primary N) is 1. The van der Waals surface area contributed by atoms with Gasteiger partial charge < -0.3 is 10.9 Å². The smallest absolute Gasteiger partial charge is 0.220 e. The number of para-hydroxylation sites is 1. The molecule has 0 radical (unpaired) electrons. The van der Waals surface area contributed by atoms with E-state index in [-0.39, 0.29) is 11.7 Å². The lowest BCUT2D eigenvalue weighted by Crippen LogP contribution is -2.15. The second-order valence-corrected chi connectivity index (χ2v) is 3.71. The Kier molecular flexibility index (Phi) is 2.53. The molecule has 0 aliphatic heterocycles. The second-order valence-electron chi connectivity index (χ2n) is 3.71. The second kappa shape index (κ2) is 4.33. The molecule has 3 N–H and O–H groups in total. The Morgan fingerprint density at radius 2 is 2.05 bits per heavy atom. The topological polar surface area (TPSA) is 115 Å². The van der Waals surface area contributed by atoms with Gasteiger partial charge in [0.2, 0.25) is 11.7 Å². The number of hydrogen-bond donors (Lipinski definition) is 2. The summed E-state index contributed by atoms with van der Waals surface area (Å²) < 4.78 is 1.46. The average Bonchev–Trinajstić information content (AvgIpc) is 2.95. The first-order valence-electron chi connectivity index (χ1n) is 5.39. The first-order valence-corrected chi connectivity index (χ1v) is 5.39. The Labute approximate surface area is 107 Å². The number of nitrogens with zero attached hydrogens (tertiary/aromatic N) is 6. The fourth-order valence-electron chi connectivity index (χ4n) is 1.70. The monoisotopic (exact) mass is 255 g/mol. The summed E-state index contributed by atoms with van der Waals surface area (Å²) in [7, 11) is 0. The molecule has 8 nitrogen and oxygen atoms in total. The van der Waals surface area contributed by atoms with E-state index in [0.29, 0.717) is 5.82 Å². The van der Waals surface area contributed by atoms with Crippen molar-refractivity contribution in [2.24, 2.45) is 10.9 Å². The third-order valence-corrected chi connectivity index (χ3v) is 2.57. The van der Waals surface area contributed by atoms with Crippen LogP contribution in [0.25, 0.3) is 16.7 Å². The zero-order valence-electron chi connectivity index (χ0n) is 9.67. The van der Waals surface area contributed by atoms with E-state index in [9.17, 15) is 0 Å².